The number of piperidine rings is 1. The molecule has 0 bridgehead atoms. The van der Waals surface area contributed by atoms with Gasteiger partial charge in [-0.3, -0.25) is 9.69 Å². The number of carbonyl (C=O) groups excluding carboxylic acids is 1. The van der Waals surface area contributed by atoms with Crippen molar-refractivity contribution in [1.29, 1.82) is 0 Å². The number of carbonyl (C=O) groups is 1. The number of hydrogen-bond acceptors (Lipinski definition) is 6. The van der Waals surface area contributed by atoms with Gasteiger partial charge >= 0.3 is 0 Å². The normalized spacial score (nSPS) is 25.3. The fourth-order valence-electron chi connectivity index (χ4n) is 3.87. The first-order chi connectivity index (χ1) is 13.0. The summed E-state index contributed by atoms with van der Waals surface area (Å²) in [4.78, 5) is 16.2. The first-order valence-electron chi connectivity index (χ1n) is 9.25. The molecule has 2 atom stereocenters. The van der Waals surface area contributed by atoms with Gasteiger partial charge in [-0.15, -0.1) is 5.10 Å². The number of likely N-dealkylation sites (tertiary alicyclic amines) is 1. The molecular formula is C18H23N5O3S. The van der Waals surface area contributed by atoms with E-state index in [0.29, 0.717) is 0 Å². The Bertz CT molecular complexity index is 906. The molecule has 3 heterocycles. The summed E-state index contributed by atoms with van der Waals surface area (Å²) in [6.07, 6.45) is 4.72. The Morgan fingerprint density at radius 2 is 1.81 bits per heavy atom. The number of aromatic nitrogens is 3. The molecule has 0 aliphatic carbocycles. The third kappa shape index (κ3) is 4.03. The number of rotatable bonds is 4. The van der Waals surface area contributed by atoms with Gasteiger partial charge in [0.05, 0.1) is 29.4 Å². The van der Waals surface area contributed by atoms with Crippen LogP contribution in [0.4, 0.5) is 0 Å². The fourth-order valence-corrected chi connectivity index (χ4v) is 5.82. The minimum absolute atomic E-state index is 0.0211. The van der Waals surface area contributed by atoms with Crippen LogP contribution in [0.15, 0.2) is 36.5 Å². The lowest BCUT2D eigenvalue weighted by molar-refractivity contribution is 0.0894. The van der Waals surface area contributed by atoms with Crippen LogP contribution in [0, 0.1) is 0 Å². The smallest absolute Gasteiger partial charge is 0.273 e. The van der Waals surface area contributed by atoms with Crippen LogP contribution >= 0.6 is 0 Å². The van der Waals surface area contributed by atoms with Gasteiger partial charge in [0.15, 0.2) is 15.5 Å². The molecule has 8 nitrogen and oxygen atoms in total. The molecule has 144 valence electrons. The Morgan fingerprint density at radius 3 is 2.56 bits per heavy atom. The molecule has 27 heavy (non-hydrogen) atoms. The van der Waals surface area contributed by atoms with Crippen LogP contribution in [0.2, 0.25) is 0 Å². The lowest BCUT2D eigenvalue weighted by Crippen LogP contribution is -2.52. The van der Waals surface area contributed by atoms with Gasteiger partial charge < -0.3 is 5.32 Å². The Hall–Kier alpha value is -2.26. The lowest BCUT2D eigenvalue weighted by Gasteiger charge is -2.34. The van der Waals surface area contributed by atoms with Crippen molar-refractivity contribution < 1.29 is 13.2 Å². The second-order valence-electron chi connectivity index (χ2n) is 7.18. The van der Waals surface area contributed by atoms with E-state index in [1.54, 1.807) is 0 Å². The van der Waals surface area contributed by atoms with Crippen molar-refractivity contribution in [1.82, 2.24) is 25.2 Å². The lowest BCUT2D eigenvalue weighted by atomic mass is 10.0. The molecule has 2 unspecified atom stereocenters. The maximum atomic E-state index is 12.6. The predicted molar refractivity (Wildman–Crippen MR) is 100 cm³/mol. The van der Waals surface area contributed by atoms with E-state index in [2.05, 4.69) is 20.4 Å². The van der Waals surface area contributed by atoms with Crippen LogP contribution in [0.1, 0.15) is 29.8 Å². The SMILES string of the molecule is O=C(NC1CS(=O)(=O)CC1N1CCCCC1)c1cnn(-c2ccccc2)n1. The highest BCUT2D eigenvalue weighted by Crippen LogP contribution is 2.22. The molecule has 2 aliphatic heterocycles. The molecular weight excluding hydrogens is 366 g/mol. The third-order valence-corrected chi connectivity index (χ3v) is 6.93. The number of benzene rings is 1. The van der Waals surface area contributed by atoms with E-state index in [0.717, 1.165) is 31.6 Å². The summed E-state index contributed by atoms with van der Waals surface area (Å²) >= 11 is 0. The maximum Gasteiger partial charge on any atom is 0.273 e. The van der Waals surface area contributed by atoms with Crippen molar-refractivity contribution in [2.75, 3.05) is 24.6 Å². The van der Waals surface area contributed by atoms with E-state index >= 15 is 0 Å². The summed E-state index contributed by atoms with van der Waals surface area (Å²) in [6.45, 7) is 1.77. The summed E-state index contributed by atoms with van der Waals surface area (Å²) < 4.78 is 24.4. The molecule has 0 spiro atoms. The number of sulfone groups is 1. The highest BCUT2D eigenvalue weighted by atomic mass is 32.2. The molecule has 1 aromatic heterocycles. The fraction of sp³-hybridized carbons (Fsp3) is 0.500. The van der Waals surface area contributed by atoms with E-state index in [9.17, 15) is 13.2 Å². The van der Waals surface area contributed by atoms with E-state index in [-0.39, 0.29) is 29.1 Å². The molecule has 0 saturated carbocycles. The van der Waals surface area contributed by atoms with Crippen molar-refractivity contribution in [2.24, 2.45) is 0 Å². The molecule has 2 saturated heterocycles. The van der Waals surface area contributed by atoms with E-state index < -0.39 is 15.9 Å². The summed E-state index contributed by atoms with van der Waals surface area (Å²) in [5, 5.41) is 11.2. The van der Waals surface area contributed by atoms with Crippen LogP contribution in [-0.4, -0.2) is 70.9 Å². The number of amides is 1. The number of hydrogen-bond donors (Lipinski definition) is 1. The Labute approximate surface area is 158 Å². The van der Waals surface area contributed by atoms with Crippen molar-refractivity contribution in [3.63, 3.8) is 0 Å². The highest BCUT2D eigenvalue weighted by molar-refractivity contribution is 7.91. The first-order valence-corrected chi connectivity index (χ1v) is 11.1. The minimum atomic E-state index is -3.16. The van der Waals surface area contributed by atoms with Crippen LogP contribution in [0.5, 0.6) is 0 Å². The molecule has 4 rings (SSSR count). The number of nitrogens with zero attached hydrogens (tertiary/aromatic N) is 4. The van der Waals surface area contributed by atoms with Gasteiger partial charge in [-0.05, 0) is 38.1 Å². The molecule has 9 heteroatoms. The van der Waals surface area contributed by atoms with Crippen LogP contribution in [0.3, 0.4) is 0 Å². The number of para-hydroxylation sites is 1. The molecule has 2 fully saturated rings. The minimum Gasteiger partial charge on any atom is -0.345 e. The summed E-state index contributed by atoms with van der Waals surface area (Å²) in [7, 11) is -3.16. The molecule has 2 aliphatic rings. The summed E-state index contributed by atoms with van der Waals surface area (Å²) in [6, 6.07) is 8.73. The number of nitrogens with one attached hydrogen (secondary N) is 1. The Morgan fingerprint density at radius 1 is 1.07 bits per heavy atom. The third-order valence-electron chi connectivity index (χ3n) is 5.21. The van der Waals surface area contributed by atoms with Gasteiger partial charge in [0.25, 0.3) is 5.91 Å². The maximum absolute atomic E-state index is 12.6. The Balaban J connectivity index is 1.48. The highest BCUT2D eigenvalue weighted by Gasteiger charge is 2.42. The zero-order valence-corrected chi connectivity index (χ0v) is 15.8. The van der Waals surface area contributed by atoms with Crippen LogP contribution in [-0.2, 0) is 9.84 Å². The average molecular weight is 389 g/mol. The van der Waals surface area contributed by atoms with Crippen molar-refractivity contribution in [3.05, 3.63) is 42.2 Å². The molecule has 1 aromatic carbocycles. The average Bonchev–Trinajstić information content (AvgIpc) is 3.28. The van der Waals surface area contributed by atoms with Crippen LogP contribution < -0.4 is 5.32 Å². The predicted octanol–water partition coefficient (Wildman–Crippen LogP) is 0.649. The van der Waals surface area contributed by atoms with Gasteiger partial charge in [-0.1, -0.05) is 24.6 Å². The van der Waals surface area contributed by atoms with E-state index in [4.69, 9.17) is 0 Å². The quantitative estimate of drug-likeness (QED) is 0.825. The van der Waals surface area contributed by atoms with Crippen LogP contribution in [0.25, 0.3) is 5.69 Å². The Kier molecular flexibility index (Phi) is 4.96. The van der Waals surface area contributed by atoms with Crippen molar-refractivity contribution in [2.45, 2.75) is 31.3 Å². The molecule has 2 aromatic rings. The first kappa shape index (κ1) is 18.1. The standard InChI is InChI=1S/C18H23N5O3S/c24-18(15-11-19-23(21-15)14-7-3-1-4-8-14)20-16-12-27(25,26)13-17(16)22-9-5-2-6-10-22/h1,3-4,7-8,11,16-17H,2,5-6,9-10,12-13H2,(H,20,24). The topological polar surface area (TPSA) is 97.2 Å². The van der Waals surface area contributed by atoms with Gasteiger partial charge in [-0.25, -0.2) is 8.42 Å². The molecule has 1 N–H and O–H groups in total. The van der Waals surface area contributed by atoms with E-state index in [1.807, 2.05) is 30.3 Å². The van der Waals surface area contributed by atoms with Gasteiger partial charge in [0.1, 0.15) is 0 Å². The second-order valence-corrected chi connectivity index (χ2v) is 9.33. The van der Waals surface area contributed by atoms with Crippen molar-refractivity contribution >= 4 is 15.7 Å². The zero-order valence-electron chi connectivity index (χ0n) is 15.0. The monoisotopic (exact) mass is 389 g/mol. The van der Waals surface area contributed by atoms with Gasteiger partial charge in [0, 0.05) is 6.04 Å². The molecule has 1 amide bonds. The largest absolute Gasteiger partial charge is 0.345 e. The van der Waals surface area contributed by atoms with Crippen molar-refractivity contribution in [3.8, 4) is 5.69 Å². The van der Waals surface area contributed by atoms with Gasteiger partial charge in [0.2, 0.25) is 0 Å². The second kappa shape index (κ2) is 7.40. The summed E-state index contributed by atoms with van der Waals surface area (Å²) in [5.41, 5.74) is 0.937. The summed E-state index contributed by atoms with van der Waals surface area (Å²) in [5.74, 6) is -0.303. The van der Waals surface area contributed by atoms with Gasteiger partial charge in [-0.2, -0.15) is 9.90 Å². The molecule has 0 radical (unpaired) electrons. The van der Waals surface area contributed by atoms with E-state index in [1.165, 1.54) is 17.4 Å². The zero-order chi connectivity index (χ0) is 18.9.